The number of rotatable bonds is 8. The van der Waals surface area contributed by atoms with E-state index in [1.54, 1.807) is 13.3 Å². The first-order valence-electron chi connectivity index (χ1n) is 10.1. The molecule has 0 bridgehead atoms. The van der Waals surface area contributed by atoms with Gasteiger partial charge in [-0.25, -0.2) is 0 Å². The molecular weight excluding hydrogens is 384 g/mol. The van der Waals surface area contributed by atoms with Gasteiger partial charge in [0.05, 0.1) is 19.0 Å². The highest BCUT2D eigenvalue weighted by Gasteiger charge is 2.06. The van der Waals surface area contributed by atoms with Crippen molar-refractivity contribution in [1.82, 2.24) is 0 Å². The lowest BCUT2D eigenvalue weighted by Crippen LogP contribution is -2.00. The number of hydrogen-bond donors (Lipinski definition) is 1. The molecule has 4 aromatic rings. The quantitative estimate of drug-likeness (QED) is 0.271. The lowest BCUT2D eigenvalue weighted by molar-refractivity contribution is 0.296. The van der Waals surface area contributed by atoms with E-state index in [9.17, 15) is 0 Å². The fraction of sp³-hybridized carbons (Fsp3) is 0.0741. The van der Waals surface area contributed by atoms with E-state index in [0.29, 0.717) is 6.61 Å². The molecular formula is C27H24N2O2. The zero-order chi connectivity index (χ0) is 21.3. The van der Waals surface area contributed by atoms with Crippen LogP contribution in [0.1, 0.15) is 11.1 Å². The molecule has 0 saturated heterocycles. The Bertz CT molecular complexity index is 1130. The maximum Gasteiger partial charge on any atom is 0.125 e. The predicted octanol–water partition coefficient (Wildman–Crippen LogP) is 6.39. The molecule has 154 valence electrons. The van der Waals surface area contributed by atoms with Gasteiger partial charge < -0.3 is 9.47 Å². The summed E-state index contributed by atoms with van der Waals surface area (Å²) in [6.45, 7) is 0.404. The number of nitrogens with zero attached hydrogens (tertiary/aromatic N) is 1. The van der Waals surface area contributed by atoms with E-state index in [4.69, 9.17) is 9.47 Å². The number of nitrogens with one attached hydrogen (secondary N) is 1. The van der Waals surface area contributed by atoms with Crippen LogP contribution in [0.25, 0.3) is 11.1 Å². The Kier molecular flexibility index (Phi) is 6.61. The van der Waals surface area contributed by atoms with Crippen molar-refractivity contribution >= 4 is 11.9 Å². The second-order valence-electron chi connectivity index (χ2n) is 6.99. The highest BCUT2D eigenvalue weighted by molar-refractivity contribution is 5.81. The summed E-state index contributed by atoms with van der Waals surface area (Å²) < 4.78 is 11.5. The second kappa shape index (κ2) is 10.1. The molecule has 0 unspecified atom stereocenters. The van der Waals surface area contributed by atoms with Gasteiger partial charge in [-0.3, -0.25) is 5.43 Å². The van der Waals surface area contributed by atoms with Gasteiger partial charge >= 0.3 is 0 Å². The summed E-state index contributed by atoms with van der Waals surface area (Å²) >= 11 is 0. The molecule has 0 aliphatic rings. The minimum absolute atomic E-state index is 0.404. The van der Waals surface area contributed by atoms with Gasteiger partial charge in [-0.1, -0.05) is 60.7 Å². The third kappa shape index (κ3) is 5.52. The Labute approximate surface area is 182 Å². The van der Waals surface area contributed by atoms with Crippen LogP contribution in [-0.2, 0) is 6.61 Å². The van der Waals surface area contributed by atoms with E-state index in [0.717, 1.165) is 33.9 Å². The summed E-state index contributed by atoms with van der Waals surface area (Å²) in [6.07, 6.45) is 1.78. The van der Waals surface area contributed by atoms with Gasteiger partial charge in [-0.2, -0.15) is 5.10 Å². The fourth-order valence-corrected chi connectivity index (χ4v) is 3.22. The van der Waals surface area contributed by atoms with Crippen molar-refractivity contribution in [3.63, 3.8) is 0 Å². The summed E-state index contributed by atoms with van der Waals surface area (Å²) in [5.74, 6) is 1.60. The number of para-hydroxylation sites is 1. The Hall–Kier alpha value is -4.05. The molecule has 4 nitrogen and oxygen atoms in total. The summed E-state index contributed by atoms with van der Waals surface area (Å²) in [6, 6.07) is 34.2. The molecule has 0 aliphatic heterocycles. The first kappa shape index (κ1) is 20.2. The number of hydrazone groups is 1. The normalized spacial score (nSPS) is 10.7. The van der Waals surface area contributed by atoms with Crippen LogP contribution < -0.4 is 14.9 Å². The molecule has 0 spiro atoms. The van der Waals surface area contributed by atoms with E-state index in [1.807, 2.05) is 78.9 Å². The first-order valence-corrected chi connectivity index (χ1v) is 10.1. The summed E-state index contributed by atoms with van der Waals surface area (Å²) in [5, 5.41) is 4.31. The Morgan fingerprint density at radius 2 is 1.45 bits per heavy atom. The van der Waals surface area contributed by atoms with Gasteiger partial charge in [0, 0.05) is 5.56 Å². The van der Waals surface area contributed by atoms with E-state index >= 15 is 0 Å². The summed E-state index contributed by atoms with van der Waals surface area (Å²) in [5.41, 5.74) is 8.23. The molecule has 31 heavy (non-hydrogen) atoms. The van der Waals surface area contributed by atoms with Crippen molar-refractivity contribution in [3.8, 4) is 22.6 Å². The average Bonchev–Trinajstić information content (AvgIpc) is 2.84. The molecule has 1 N–H and O–H groups in total. The Morgan fingerprint density at radius 1 is 0.774 bits per heavy atom. The van der Waals surface area contributed by atoms with Crippen LogP contribution in [0.5, 0.6) is 11.5 Å². The van der Waals surface area contributed by atoms with Gasteiger partial charge in [-0.15, -0.1) is 0 Å². The zero-order valence-corrected chi connectivity index (χ0v) is 17.4. The molecule has 0 saturated carbocycles. The molecule has 4 rings (SSSR count). The third-order valence-corrected chi connectivity index (χ3v) is 4.84. The van der Waals surface area contributed by atoms with Crippen LogP contribution in [0.2, 0.25) is 0 Å². The molecule has 0 aromatic heterocycles. The standard InChI is InChI=1S/C27H24N2O2/c1-30-27-17-12-21(19-28-29-25-10-6-3-7-11-25)18-24(27)20-31-26-15-13-23(14-16-26)22-8-4-2-5-9-22/h2-19,29H,20H2,1H3. The molecule has 0 fully saturated rings. The highest BCUT2D eigenvalue weighted by Crippen LogP contribution is 2.25. The van der Waals surface area contributed by atoms with Crippen molar-refractivity contribution in [2.75, 3.05) is 12.5 Å². The Balaban J connectivity index is 1.42. The molecule has 4 aromatic carbocycles. The molecule has 0 amide bonds. The van der Waals surface area contributed by atoms with Crippen LogP contribution in [0.15, 0.2) is 108 Å². The van der Waals surface area contributed by atoms with Gasteiger partial charge in [-0.05, 0) is 59.2 Å². The van der Waals surface area contributed by atoms with Crippen molar-refractivity contribution in [2.45, 2.75) is 6.61 Å². The predicted molar refractivity (Wildman–Crippen MR) is 127 cm³/mol. The van der Waals surface area contributed by atoms with Crippen molar-refractivity contribution in [3.05, 3.63) is 114 Å². The minimum atomic E-state index is 0.404. The lowest BCUT2D eigenvalue weighted by Gasteiger charge is -2.12. The van der Waals surface area contributed by atoms with E-state index in [2.05, 4.69) is 34.8 Å². The second-order valence-corrected chi connectivity index (χ2v) is 6.99. The van der Waals surface area contributed by atoms with E-state index in [1.165, 1.54) is 5.56 Å². The molecule has 0 radical (unpaired) electrons. The van der Waals surface area contributed by atoms with Gasteiger partial charge in [0.2, 0.25) is 0 Å². The van der Waals surface area contributed by atoms with Crippen LogP contribution in [-0.4, -0.2) is 13.3 Å². The van der Waals surface area contributed by atoms with Gasteiger partial charge in [0.15, 0.2) is 0 Å². The summed E-state index contributed by atoms with van der Waals surface area (Å²) in [4.78, 5) is 0. The minimum Gasteiger partial charge on any atom is -0.496 e. The topological polar surface area (TPSA) is 42.8 Å². The zero-order valence-electron chi connectivity index (χ0n) is 17.4. The maximum absolute atomic E-state index is 6.01. The van der Waals surface area contributed by atoms with Crippen LogP contribution in [0.3, 0.4) is 0 Å². The lowest BCUT2D eigenvalue weighted by atomic mass is 10.1. The maximum atomic E-state index is 6.01. The first-order chi connectivity index (χ1) is 15.3. The number of anilines is 1. The number of methoxy groups -OCH3 is 1. The van der Waals surface area contributed by atoms with E-state index in [-0.39, 0.29) is 0 Å². The number of hydrogen-bond acceptors (Lipinski definition) is 4. The number of benzene rings is 4. The van der Waals surface area contributed by atoms with Crippen LogP contribution in [0, 0.1) is 0 Å². The van der Waals surface area contributed by atoms with Crippen molar-refractivity contribution in [2.24, 2.45) is 5.10 Å². The molecule has 0 atom stereocenters. The summed E-state index contributed by atoms with van der Waals surface area (Å²) in [7, 11) is 1.66. The monoisotopic (exact) mass is 408 g/mol. The average molecular weight is 409 g/mol. The van der Waals surface area contributed by atoms with Gasteiger partial charge in [0.1, 0.15) is 18.1 Å². The Morgan fingerprint density at radius 3 is 2.16 bits per heavy atom. The van der Waals surface area contributed by atoms with Crippen molar-refractivity contribution in [1.29, 1.82) is 0 Å². The third-order valence-electron chi connectivity index (χ3n) is 4.84. The fourth-order valence-electron chi connectivity index (χ4n) is 3.22. The molecule has 0 aliphatic carbocycles. The number of ether oxygens (including phenoxy) is 2. The SMILES string of the molecule is COc1ccc(C=NNc2ccccc2)cc1COc1ccc(-c2ccccc2)cc1. The molecule has 4 heteroatoms. The molecule has 0 heterocycles. The van der Waals surface area contributed by atoms with E-state index < -0.39 is 0 Å². The smallest absolute Gasteiger partial charge is 0.125 e. The van der Waals surface area contributed by atoms with Crippen LogP contribution >= 0.6 is 0 Å². The largest absolute Gasteiger partial charge is 0.496 e. The van der Waals surface area contributed by atoms with Crippen molar-refractivity contribution < 1.29 is 9.47 Å². The highest BCUT2D eigenvalue weighted by atomic mass is 16.5. The van der Waals surface area contributed by atoms with Crippen LogP contribution in [0.4, 0.5) is 5.69 Å². The van der Waals surface area contributed by atoms with Gasteiger partial charge in [0.25, 0.3) is 0 Å².